The molecule has 1 aromatic heterocycles. The van der Waals surface area contributed by atoms with Gasteiger partial charge in [-0.15, -0.1) is 0 Å². The van der Waals surface area contributed by atoms with Gasteiger partial charge in [0.1, 0.15) is 5.75 Å². The number of rotatable bonds is 4. The average Bonchev–Trinajstić information content (AvgIpc) is 2.63. The van der Waals surface area contributed by atoms with Gasteiger partial charge in [-0.3, -0.25) is 0 Å². The molecule has 2 rings (SSSR count). The molecule has 0 radical (unpaired) electrons. The van der Waals surface area contributed by atoms with Crippen molar-refractivity contribution >= 4 is 10.9 Å². The van der Waals surface area contributed by atoms with Crippen LogP contribution in [0, 0.1) is 0 Å². The lowest BCUT2D eigenvalue weighted by molar-refractivity contribution is 0.415. The first-order valence-electron chi connectivity index (χ1n) is 5.97. The summed E-state index contributed by atoms with van der Waals surface area (Å²) >= 11 is 0. The van der Waals surface area contributed by atoms with Crippen molar-refractivity contribution in [3.63, 3.8) is 0 Å². The quantitative estimate of drug-likeness (QED) is 0.877. The molecule has 3 nitrogen and oxygen atoms in total. The van der Waals surface area contributed by atoms with E-state index in [4.69, 9.17) is 4.74 Å². The fourth-order valence-corrected chi connectivity index (χ4v) is 1.97. The van der Waals surface area contributed by atoms with Crippen LogP contribution in [0.25, 0.3) is 10.9 Å². The Labute approximate surface area is 102 Å². The smallest absolute Gasteiger partial charge is 0.120 e. The van der Waals surface area contributed by atoms with Gasteiger partial charge in [0, 0.05) is 36.8 Å². The molecule has 3 heteroatoms. The summed E-state index contributed by atoms with van der Waals surface area (Å²) < 4.78 is 7.47. The number of ether oxygens (including phenoxy) is 1. The van der Waals surface area contributed by atoms with Gasteiger partial charge in [0.2, 0.25) is 0 Å². The fourth-order valence-electron chi connectivity index (χ4n) is 1.97. The minimum absolute atomic E-state index is 0.502. The van der Waals surface area contributed by atoms with Gasteiger partial charge in [0.15, 0.2) is 0 Å². The van der Waals surface area contributed by atoms with Crippen LogP contribution in [0.5, 0.6) is 5.75 Å². The minimum Gasteiger partial charge on any atom is -0.497 e. The maximum absolute atomic E-state index is 5.26. The Balaban J connectivity index is 2.35. The summed E-state index contributed by atoms with van der Waals surface area (Å²) in [5, 5.41) is 4.70. The van der Waals surface area contributed by atoms with Crippen LogP contribution in [-0.2, 0) is 13.6 Å². The molecule has 0 amide bonds. The van der Waals surface area contributed by atoms with Gasteiger partial charge >= 0.3 is 0 Å². The van der Waals surface area contributed by atoms with Crippen LogP contribution in [0.3, 0.4) is 0 Å². The summed E-state index contributed by atoms with van der Waals surface area (Å²) in [6.45, 7) is 5.21. The van der Waals surface area contributed by atoms with Crippen molar-refractivity contribution in [1.29, 1.82) is 0 Å². The summed E-state index contributed by atoms with van der Waals surface area (Å²) in [6.07, 6.45) is 0. The lowest BCUT2D eigenvalue weighted by atomic mass is 10.2. The number of nitrogens with zero attached hydrogens (tertiary/aromatic N) is 1. The molecule has 2 aromatic rings. The SMILES string of the molecule is COc1ccc2cc(CNC(C)C)n(C)c2c1. The largest absolute Gasteiger partial charge is 0.497 e. The molecule has 0 fully saturated rings. The number of nitrogens with one attached hydrogen (secondary N) is 1. The Morgan fingerprint density at radius 1 is 1.29 bits per heavy atom. The monoisotopic (exact) mass is 232 g/mol. The molecule has 1 heterocycles. The highest BCUT2D eigenvalue weighted by atomic mass is 16.5. The molecule has 0 bridgehead atoms. The number of hydrogen-bond acceptors (Lipinski definition) is 2. The highest BCUT2D eigenvalue weighted by Gasteiger charge is 2.06. The molecule has 0 spiro atoms. The lowest BCUT2D eigenvalue weighted by Crippen LogP contribution is -2.22. The summed E-state index contributed by atoms with van der Waals surface area (Å²) in [6, 6.07) is 8.91. The molecule has 17 heavy (non-hydrogen) atoms. The van der Waals surface area contributed by atoms with Gasteiger partial charge in [-0.1, -0.05) is 13.8 Å². The van der Waals surface area contributed by atoms with Gasteiger partial charge in [0.25, 0.3) is 0 Å². The van der Waals surface area contributed by atoms with Gasteiger partial charge in [0.05, 0.1) is 12.6 Å². The average molecular weight is 232 g/mol. The predicted octanol–water partition coefficient (Wildman–Crippen LogP) is 2.68. The summed E-state index contributed by atoms with van der Waals surface area (Å²) in [5.41, 5.74) is 2.51. The second-order valence-electron chi connectivity index (χ2n) is 4.66. The number of benzene rings is 1. The van der Waals surface area contributed by atoms with Gasteiger partial charge in [-0.25, -0.2) is 0 Å². The molecule has 0 aliphatic heterocycles. The van der Waals surface area contributed by atoms with Crippen LogP contribution in [0.1, 0.15) is 19.5 Å². The van der Waals surface area contributed by atoms with Crippen molar-refractivity contribution in [3.8, 4) is 5.75 Å². The normalized spacial score (nSPS) is 11.4. The van der Waals surface area contributed by atoms with Gasteiger partial charge < -0.3 is 14.6 Å². The number of aryl methyl sites for hydroxylation is 1. The predicted molar refractivity (Wildman–Crippen MR) is 71.4 cm³/mol. The molecule has 0 unspecified atom stereocenters. The van der Waals surface area contributed by atoms with E-state index in [1.807, 2.05) is 6.07 Å². The Bertz CT molecular complexity index is 514. The molecule has 0 aliphatic rings. The topological polar surface area (TPSA) is 26.2 Å². The van der Waals surface area contributed by atoms with Crippen LogP contribution >= 0.6 is 0 Å². The highest BCUT2D eigenvalue weighted by Crippen LogP contribution is 2.23. The van der Waals surface area contributed by atoms with Gasteiger partial charge in [-0.2, -0.15) is 0 Å². The van der Waals surface area contributed by atoms with Crippen LogP contribution in [-0.4, -0.2) is 17.7 Å². The Hall–Kier alpha value is -1.48. The highest BCUT2D eigenvalue weighted by molar-refractivity contribution is 5.82. The first-order chi connectivity index (χ1) is 8.11. The molecular weight excluding hydrogens is 212 g/mol. The number of fused-ring (bicyclic) bond motifs is 1. The summed E-state index contributed by atoms with van der Waals surface area (Å²) in [5.74, 6) is 0.905. The third kappa shape index (κ3) is 2.44. The fraction of sp³-hybridized carbons (Fsp3) is 0.429. The minimum atomic E-state index is 0.502. The molecule has 0 atom stereocenters. The molecule has 1 aromatic carbocycles. The van der Waals surface area contributed by atoms with Crippen molar-refractivity contribution in [2.75, 3.05) is 7.11 Å². The van der Waals surface area contributed by atoms with Crippen LogP contribution in [0.2, 0.25) is 0 Å². The van der Waals surface area contributed by atoms with E-state index in [2.05, 4.69) is 49.0 Å². The van der Waals surface area contributed by atoms with Crippen molar-refractivity contribution < 1.29 is 4.74 Å². The molecule has 0 saturated heterocycles. The van der Waals surface area contributed by atoms with E-state index in [0.717, 1.165) is 12.3 Å². The van der Waals surface area contributed by atoms with Gasteiger partial charge in [-0.05, 0) is 18.2 Å². The summed E-state index contributed by atoms with van der Waals surface area (Å²) in [4.78, 5) is 0. The van der Waals surface area contributed by atoms with E-state index in [1.165, 1.54) is 16.6 Å². The van der Waals surface area contributed by atoms with Crippen molar-refractivity contribution in [1.82, 2.24) is 9.88 Å². The lowest BCUT2D eigenvalue weighted by Gasteiger charge is -2.09. The van der Waals surface area contributed by atoms with Crippen LogP contribution < -0.4 is 10.1 Å². The maximum atomic E-state index is 5.26. The van der Waals surface area contributed by atoms with Crippen molar-refractivity contribution in [3.05, 3.63) is 30.0 Å². The first-order valence-corrected chi connectivity index (χ1v) is 5.97. The van der Waals surface area contributed by atoms with Crippen LogP contribution in [0.15, 0.2) is 24.3 Å². The van der Waals surface area contributed by atoms with E-state index in [1.54, 1.807) is 7.11 Å². The van der Waals surface area contributed by atoms with Crippen LogP contribution in [0.4, 0.5) is 0 Å². The second-order valence-corrected chi connectivity index (χ2v) is 4.66. The van der Waals surface area contributed by atoms with Crippen molar-refractivity contribution in [2.45, 2.75) is 26.4 Å². The Morgan fingerprint density at radius 2 is 2.06 bits per heavy atom. The zero-order valence-electron chi connectivity index (χ0n) is 10.9. The number of hydrogen-bond donors (Lipinski definition) is 1. The third-order valence-electron chi connectivity index (χ3n) is 3.04. The van der Waals surface area contributed by atoms with E-state index < -0.39 is 0 Å². The number of methoxy groups -OCH3 is 1. The molecule has 1 N–H and O–H groups in total. The molecular formula is C14H20N2O. The molecule has 0 aliphatic carbocycles. The Morgan fingerprint density at radius 3 is 2.71 bits per heavy atom. The zero-order chi connectivity index (χ0) is 12.4. The second kappa shape index (κ2) is 4.80. The summed E-state index contributed by atoms with van der Waals surface area (Å²) in [7, 11) is 3.80. The Kier molecular flexibility index (Phi) is 3.38. The molecule has 92 valence electrons. The molecule has 0 saturated carbocycles. The third-order valence-corrected chi connectivity index (χ3v) is 3.04. The van der Waals surface area contributed by atoms with E-state index >= 15 is 0 Å². The van der Waals surface area contributed by atoms with E-state index in [9.17, 15) is 0 Å². The maximum Gasteiger partial charge on any atom is 0.120 e. The van der Waals surface area contributed by atoms with E-state index in [0.29, 0.717) is 6.04 Å². The first kappa shape index (κ1) is 12.0. The van der Waals surface area contributed by atoms with Crippen molar-refractivity contribution in [2.24, 2.45) is 7.05 Å². The standard InChI is InChI=1S/C14H20N2O/c1-10(2)15-9-12-7-11-5-6-13(17-4)8-14(11)16(12)3/h5-8,10,15H,9H2,1-4H3. The van der Waals surface area contributed by atoms with E-state index in [-0.39, 0.29) is 0 Å². The number of aromatic nitrogens is 1. The zero-order valence-corrected chi connectivity index (χ0v) is 10.9.